The molecule has 0 spiro atoms. The number of hydrogen-bond acceptors (Lipinski definition) is 3. The van der Waals surface area contributed by atoms with Crippen LogP contribution in [-0.4, -0.2) is 17.0 Å². The molecule has 0 fully saturated rings. The van der Waals surface area contributed by atoms with Crippen molar-refractivity contribution in [1.82, 2.24) is 0 Å². The molecule has 2 rings (SSSR count). The lowest BCUT2D eigenvalue weighted by molar-refractivity contribution is 0.0693. The molecule has 108 valence electrons. The SMILES string of the molecule is NC(=O)c1cccc(CSc2cc(Br)ccc2C(=O)O)c1. The lowest BCUT2D eigenvalue weighted by Gasteiger charge is -2.07. The van der Waals surface area contributed by atoms with Gasteiger partial charge in [-0.1, -0.05) is 28.1 Å². The van der Waals surface area contributed by atoms with Gasteiger partial charge in [-0.3, -0.25) is 4.79 Å². The van der Waals surface area contributed by atoms with Gasteiger partial charge in [0.2, 0.25) is 5.91 Å². The Kier molecular flexibility index (Phi) is 5.03. The van der Waals surface area contributed by atoms with Crippen LogP contribution in [0.25, 0.3) is 0 Å². The number of carboxylic acids is 1. The zero-order chi connectivity index (χ0) is 15.4. The maximum Gasteiger partial charge on any atom is 0.336 e. The van der Waals surface area contributed by atoms with Crippen molar-refractivity contribution in [3.63, 3.8) is 0 Å². The van der Waals surface area contributed by atoms with Crippen LogP contribution in [-0.2, 0) is 5.75 Å². The fourth-order valence-corrected chi connectivity index (χ4v) is 3.30. The standard InChI is InChI=1S/C15H12BrNO3S/c16-11-4-5-12(15(19)20)13(7-11)21-8-9-2-1-3-10(6-9)14(17)18/h1-7H,8H2,(H2,17,18)(H,19,20). The fraction of sp³-hybridized carbons (Fsp3) is 0.0667. The third-order valence-corrected chi connectivity index (χ3v) is 4.40. The minimum absolute atomic E-state index is 0.259. The molecule has 0 aliphatic heterocycles. The quantitative estimate of drug-likeness (QED) is 0.794. The first-order valence-corrected chi connectivity index (χ1v) is 7.79. The number of carbonyl (C=O) groups excluding carboxylic acids is 1. The van der Waals surface area contributed by atoms with Crippen molar-refractivity contribution in [2.45, 2.75) is 10.6 Å². The Morgan fingerprint density at radius 3 is 2.62 bits per heavy atom. The molecule has 0 radical (unpaired) electrons. The van der Waals surface area contributed by atoms with Gasteiger partial charge >= 0.3 is 5.97 Å². The summed E-state index contributed by atoms with van der Waals surface area (Å²) in [5.74, 6) is -0.885. The van der Waals surface area contributed by atoms with Crippen LogP contribution in [0.1, 0.15) is 26.3 Å². The molecular weight excluding hydrogens is 354 g/mol. The van der Waals surface area contributed by atoms with Gasteiger partial charge in [-0.05, 0) is 35.9 Å². The maximum absolute atomic E-state index is 11.2. The van der Waals surface area contributed by atoms with E-state index in [1.54, 1.807) is 36.4 Å². The normalized spacial score (nSPS) is 10.3. The summed E-state index contributed by atoms with van der Waals surface area (Å²) in [6.07, 6.45) is 0. The predicted molar refractivity (Wildman–Crippen MR) is 85.6 cm³/mol. The van der Waals surface area contributed by atoms with E-state index in [1.807, 2.05) is 6.07 Å². The Hall–Kier alpha value is -1.79. The Bertz CT molecular complexity index is 703. The number of thioether (sulfide) groups is 1. The number of primary amides is 1. The predicted octanol–water partition coefficient (Wildman–Crippen LogP) is 3.54. The number of amides is 1. The van der Waals surface area contributed by atoms with Crippen LogP contribution in [0.15, 0.2) is 51.8 Å². The lowest BCUT2D eigenvalue weighted by atomic mass is 10.1. The topological polar surface area (TPSA) is 80.4 Å². The first kappa shape index (κ1) is 15.6. The molecule has 0 aliphatic rings. The van der Waals surface area contributed by atoms with Crippen LogP contribution in [0.2, 0.25) is 0 Å². The summed E-state index contributed by atoms with van der Waals surface area (Å²) in [4.78, 5) is 23.0. The summed E-state index contributed by atoms with van der Waals surface area (Å²) >= 11 is 4.74. The molecule has 1 amide bonds. The molecule has 6 heteroatoms. The van der Waals surface area contributed by atoms with Crippen LogP contribution in [0.3, 0.4) is 0 Å². The summed E-state index contributed by atoms with van der Waals surface area (Å²) in [7, 11) is 0. The third-order valence-electron chi connectivity index (χ3n) is 2.78. The maximum atomic E-state index is 11.2. The average molecular weight is 366 g/mol. The molecule has 2 aromatic carbocycles. The highest BCUT2D eigenvalue weighted by atomic mass is 79.9. The molecule has 0 aromatic heterocycles. The van der Waals surface area contributed by atoms with E-state index < -0.39 is 11.9 Å². The van der Waals surface area contributed by atoms with Gasteiger partial charge in [0, 0.05) is 20.7 Å². The zero-order valence-electron chi connectivity index (χ0n) is 10.9. The van der Waals surface area contributed by atoms with Gasteiger partial charge in [-0.15, -0.1) is 11.8 Å². The number of halogens is 1. The summed E-state index contributed by atoms with van der Waals surface area (Å²) in [6.45, 7) is 0. The Morgan fingerprint density at radius 2 is 1.95 bits per heavy atom. The van der Waals surface area contributed by atoms with Crippen molar-refractivity contribution in [3.8, 4) is 0 Å². The van der Waals surface area contributed by atoms with Crippen molar-refractivity contribution in [2.24, 2.45) is 5.73 Å². The van der Waals surface area contributed by atoms with Crippen molar-refractivity contribution < 1.29 is 14.7 Å². The molecule has 3 N–H and O–H groups in total. The number of carboxylic acid groups (broad SMARTS) is 1. The lowest BCUT2D eigenvalue weighted by Crippen LogP contribution is -2.10. The van der Waals surface area contributed by atoms with E-state index >= 15 is 0 Å². The zero-order valence-corrected chi connectivity index (χ0v) is 13.3. The van der Waals surface area contributed by atoms with Crippen LogP contribution in [0.5, 0.6) is 0 Å². The van der Waals surface area contributed by atoms with E-state index in [9.17, 15) is 14.7 Å². The second-order valence-electron chi connectivity index (χ2n) is 4.30. The van der Waals surface area contributed by atoms with Crippen molar-refractivity contribution in [2.75, 3.05) is 0 Å². The molecule has 0 atom stereocenters. The van der Waals surface area contributed by atoms with Crippen molar-refractivity contribution >= 4 is 39.6 Å². The Labute approximate surface area is 134 Å². The van der Waals surface area contributed by atoms with Gasteiger partial charge in [-0.2, -0.15) is 0 Å². The molecule has 0 saturated heterocycles. The summed E-state index contributed by atoms with van der Waals surface area (Å²) in [6, 6.07) is 12.0. The molecule has 2 aromatic rings. The second kappa shape index (κ2) is 6.78. The first-order valence-electron chi connectivity index (χ1n) is 6.02. The van der Waals surface area contributed by atoms with Gasteiger partial charge in [0.05, 0.1) is 5.56 Å². The molecule has 0 saturated carbocycles. The number of benzene rings is 2. The molecule has 0 bridgehead atoms. The Morgan fingerprint density at radius 1 is 1.19 bits per heavy atom. The second-order valence-corrected chi connectivity index (χ2v) is 6.23. The molecule has 0 unspecified atom stereocenters. The molecule has 21 heavy (non-hydrogen) atoms. The third kappa shape index (κ3) is 4.09. The molecule has 0 aliphatic carbocycles. The fourth-order valence-electron chi connectivity index (χ4n) is 1.77. The van der Waals surface area contributed by atoms with E-state index in [0.717, 1.165) is 10.0 Å². The Balaban J connectivity index is 2.20. The van der Waals surface area contributed by atoms with Gasteiger partial charge in [0.15, 0.2) is 0 Å². The summed E-state index contributed by atoms with van der Waals surface area (Å²) in [5, 5.41) is 9.18. The average Bonchev–Trinajstić information content (AvgIpc) is 2.45. The van der Waals surface area contributed by atoms with Gasteiger partial charge < -0.3 is 10.8 Å². The van der Waals surface area contributed by atoms with Gasteiger partial charge in [0.25, 0.3) is 0 Å². The number of aromatic carboxylic acids is 1. The van der Waals surface area contributed by atoms with Crippen molar-refractivity contribution in [3.05, 3.63) is 63.6 Å². The monoisotopic (exact) mass is 365 g/mol. The smallest absolute Gasteiger partial charge is 0.336 e. The van der Waals surface area contributed by atoms with Crippen LogP contribution in [0.4, 0.5) is 0 Å². The first-order chi connectivity index (χ1) is 9.97. The van der Waals surface area contributed by atoms with E-state index in [0.29, 0.717) is 16.2 Å². The largest absolute Gasteiger partial charge is 0.478 e. The highest BCUT2D eigenvalue weighted by molar-refractivity contribution is 9.10. The van der Waals surface area contributed by atoms with Gasteiger partial charge in [0.1, 0.15) is 0 Å². The number of nitrogens with two attached hydrogens (primary N) is 1. The highest BCUT2D eigenvalue weighted by Crippen LogP contribution is 2.29. The highest BCUT2D eigenvalue weighted by Gasteiger charge is 2.11. The van der Waals surface area contributed by atoms with E-state index in [1.165, 1.54) is 11.8 Å². The molecule has 0 heterocycles. The molecule has 4 nitrogen and oxygen atoms in total. The van der Waals surface area contributed by atoms with Crippen molar-refractivity contribution in [1.29, 1.82) is 0 Å². The minimum atomic E-state index is -0.962. The summed E-state index contributed by atoms with van der Waals surface area (Å²) < 4.78 is 0.820. The summed E-state index contributed by atoms with van der Waals surface area (Å²) in [5.41, 5.74) is 6.86. The van der Waals surface area contributed by atoms with Crippen LogP contribution >= 0.6 is 27.7 Å². The minimum Gasteiger partial charge on any atom is -0.478 e. The number of rotatable bonds is 5. The van der Waals surface area contributed by atoms with E-state index in [-0.39, 0.29) is 5.56 Å². The van der Waals surface area contributed by atoms with Crippen LogP contribution < -0.4 is 5.73 Å². The van der Waals surface area contributed by atoms with Crippen LogP contribution in [0, 0.1) is 0 Å². The van der Waals surface area contributed by atoms with Gasteiger partial charge in [-0.25, -0.2) is 4.79 Å². The number of hydrogen-bond donors (Lipinski definition) is 2. The molecular formula is C15H12BrNO3S. The van der Waals surface area contributed by atoms with E-state index in [2.05, 4.69) is 15.9 Å². The van der Waals surface area contributed by atoms with E-state index in [4.69, 9.17) is 5.73 Å². The number of carbonyl (C=O) groups is 2.